The van der Waals surface area contributed by atoms with Gasteiger partial charge >= 0.3 is 0 Å². The molecule has 0 aliphatic carbocycles. The summed E-state index contributed by atoms with van der Waals surface area (Å²) >= 11 is 1.63. The van der Waals surface area contributed by atoms with Crippen molar-refractivity contribution in [1.82, 2.24) is 15.2 Å². The van der Waals surface area contributed by atoms with E-state index in [4.69, 9.17) is 0 Å². The number of hydrogen-bond donors (Lipinski definition) is 1. The average molecular weight is 386 g/mol. The van der Waals surface area contributed by atoms with Crippen LogP contribution in [0.25, 0.3) is 0 Å². The maximum Gasteiger partial charge on any atom is 0.226 e. The van der Waals surface area contributed by atoms with E-state index in [9.17, 15) is 9.59 Å². The Morgan fingerprint density at radius 1 is 1.19 bits per heavy atom. The van der Waals surface area contributed by atoms with Crippen LogP contribution in [0, 0.1) is 19.8 Å². The minimum Gasteiger partial charge on any atom is -0.355 e. The number of thiazole rings is 1. The number of aryl methyl sites for hydroxylation is 2. The first-order chi connectivity index (χ1) is 13.0. The zero-order chi connectivity index (χ0) is 19.2. The third-order valence-electron chi connectivity index (χ3n) is 5.04. The van der Waals surface area contributed by atoms with E-state index in [1.54, 1.807) is 11.3 Å². The highest BCUT2D eigenvalue weighted by molar-refractivity contribution is 7.09. The minimum absolute atomic E-state index is 0.00518. The molecule has 0 bridgehead atoms. The summed E-state index contributed by atoms with van der Waals surface area (Å²) in [6.07, 6.45) is 2.68. The molecule has 0 spiro atoms. The minimum atomic E-state index is 0.00518. The lowest BCUT2D eigenvalue weighted by Gasteiger charge is -2.31. The molecule has 5 nitrogen and oxygen atoms in total. The molecule has 3 rings (SSSR count). The molecule has 2 aromatic rings. The topological polar surface area (TPSA) is 62.3 Å². The van der Waals surface area contributed by atoms with Gasteiger partial charge in [-0.2, -0.15) is 0 Å². The lowest BCUT2D eigenvalue weighted by atomic mass is 9.95. The van der Waals surface area contributed by atoms with Gasteiger partial charge in [0.15, 0.2) is 0 Å². The first kappa shape index (κ1) is 19.5. The van der Waals surface area contributed by atoms with E-state index in [-0.39, 0.29) is 17.7 Å². The Labute approximate surface area is 164 Å². The van der Waals surface area contributed by atoms with Crippen LogP contribution in [0.1, 0.15) is 34.7 Å². The van der Waals surface area contributed by atoms with E-state index in [2.05, 4.69) is 10.3 Å². The van der Waals surface area contributed by atoms with Crippen LogP contribution >= 0.6 is 11.3 Å². The van der Waals surface area contributed by atoms with Crippen LogP contribution in [-0.2, 0) is 22.4 Å². The lowest BCUT2D eigenvalue weighted by Crippen LogP contribution is -2.43. The summed E-state index contributed by atoms with van der Waals surface area (Å²) < 4.78 is 0. The zero-order valence-electron chi connectivity index (χ0n) is 16.0. The van der Waals surface area contributed by atoms with Crippen LogP contribution in [0.15, 0.2) is 29.6 Å². The third kappa shape index (κ3) is 5.63. The van der Waals surface area contributed by atoms with Gasteiger partial charge in [-0.25, -0.2) is 4.98 Å². The van der Waals surface area contributed by atoms with Crippen molar-refractivity contribution in [3.63, 3.8) is 0 Å². The molecule has 2 heterocycles. The molecule has 0 radical (unpaired) electrons. The summed E-state index contributed by atoms with van der Waals surface area (Å²) in [4.78, 5) is 31.1. The molecular weight excluding hydrogens is 358 g/mol. The number of piperidine rings is 1. The van der Waals surface area contributed by atoms with Crippen molar-refractivity contribution in [2.75, 3.05) is 19.6 Å². The summed E-state index contributed by atoms with van der Waals surface area (Å²) in [5, 5.41) is 6.12. The fourth-order valence-electron chi connectivity index (χ4n) is 3.36. The van der Waals surface area contributed by atoms with Gasteiger partial charge in [-0.1, -0.05) is 29.8 Å². The number of carbonyl (C=O) groups is 2. The second-order valence-electron chi connectivity index (χ2n) is 7.22. The molecule has 1 aliphatic heterocycles. The largest absolute Gasteiger partial charge is 0.355 e. The van der Waals surface area contributed by atoms with E-state index < -0.39 is 0 Å². The normalized spacial score (nSPS) is 15.0. The van der Waals surface area contributed by atoms with Crippen molar-refractivity contribution < 1.29 is 9.59 Å². The highest BCUT2D eigenvalue weighted by Gasteiger charge is 2.27. The Hall–Kier alpha value is -2.21. The van der Waals surface area contributed by atoms with Crippen LogP contribution in [0.5, 0.6) is 0 Å². The monoisotopic (exact) mass is 385 g/mol. The van der Waals surface area contributed by atoms with Gasteiger partial charge in [0.2, 0.25) is 11.8 Å². The van der Waals surface area contributed by atoms with Crippen LogP contribution in [-0.4, -0.2) is 41.3 Å². The van der Waals surface area contributed by atoms with Crippen LogP contribution in [0.2, 0.25) is 0 Å². The first-order valence-corrected chi connectivity index (χ1v) is 10.4. The predicted octanol–water partition coefficient (Wildman–Crippen LogP) is 2.90. The van der Waals surface area contributed by atoms with Gasteiger partial charge in [0, 0.05) is 37.4 Å². The molecule has 1 aliphatic rings. The van der Waals surface area contributed by atoms with Crippen molar-refractivity contribution in [3.05, 3.63) is 51.5 Å². The maximum absolute atomic E-state index is 12.5. The summed E-state index contributed by atoms with van der Waals surface area (Å²) in [6, 6.07) is 8.09. The van der Waals surface area contributed by atoms with Crippen molar-refractivity contribution in [2.24, 2.45) is 5.92 Å². The molecule has 27 heavy (non-hydrogen) atoms. The molecule has 1 fully saturated rings. The van der Waals surface area contributed by atoms with Crippen molar-refractivity contribution in [3.8, 4) is 0 Å². The zero-order valence-corrected chi connectivity index (χ0v) is 16.8. The predicted molar refractivity (Wildman–Crippen MR) is 108 cm³/mol. The van der Waals surface area contributed by atoms with E-state index in [1.807, 2.05) is 48.4 Å². The highest BCUT2D eigenvalue weighted by atomic mass is 32.1. The van der Waals surface area contributed by atoms with Gasteiger partial charge in [0.25, 0.3) is 0 Å². The fourth-order valence-corrected chi connectivity index (χ4v) is 4.01. The number of carbonyl (C=O) groups excluding carboxylic acids is 2. The molecule has 0 unspecified atom stereocenters. The first-order valence-electron chi connectivity index (χ1n) is 9.53. The molecular formula is C21H27N3O2S. The molecule has 6 heteroatoms. The van der Waals surface area contributed by atoms with E-state index in [0.717, 1.165) is 35.5 Å². The van der Waals surface area contributed by atoms with Crippen molar-refractivity contribution >= 4 is 23.2 Å². The average Bonchev–Trinajstić information content (AvgIpc) is 3.09. The summed E-state index contributed by atoms with van der Waals surface area (Å²) in [6.45, 7) is 5.97. The van der Waals surface area contributed by atoms with Gasteiger partial charge in [-0.15, -0.1) is 11.3 Å². The van der Waals surface area contributed by atoms with E-state index in [1.165, 1.54) is 5.56 Å². The number of aromatic nitrogens is 1. The molecule has 1 aromatic heterocycles. The Balaban J connectivity index is 1.39. The highest BCUT2D eigenvalue weighted by Crippen LogP contribution is 2.18. The van der Waals surface area contributed by atoms with Gasteiger partial charge in [-0.05, 0) is 32.3 Å². The van der Waals surface area contributed by atoms with Gasteiger partial charge < -0.3 is 10.2 Å². The standard InChI is InChI=1S/C21H27N3O2S/c1-15-3-5-17(6-4-15)13-20(25)24-11-8-18(9-12-24)21(26)22-10-7-19-14-27-16(2)23-19/h3-6,14,18H,7-13H2,1-2H3,(H,22,26). The van der Waals surface area contributed by atoms with Crippen LogP contribution in [0.3, 0.4) is 0 Å². The molecule has 1 saturated heterocycles. The van der Waals surface area contributed by atoms with Crippen molar-refractivity contribution in [2.45, 2.75) is 39.5 Å². The molecule has 1 aromatic carbocycles. The number of amides is 2. The molecule has 2 amide bonds. The molecule has 0 saturated carbocycles. The summed E-state index contributed by atoms with van der Waals surface area (Å²) in [5.41, 5.74) is 3.28. The smallest absolute Gasteiger partial charge is 0.226 e. The number of benzene rings is 1. The quantitative estimate of drug-likeness (QED) is 0.832. The number of nitrogens with one attached hydrogen (secondary N) is 1. The Bertz CT molecular complexity index is 777. The number of hydrogen-bond acceptors (Lipinski definition) is 4. The molecule has 1 N–H and O–H groups in total. The lowest BCUT2D eigenvalue weighted by molar-refractivity contribution is -0.135. The van der Waals surface area contributed by atoms with Gasteiger partial charge in [-0.3, -0.25) is 9.59 Å². The maximum atomic E-state index is 12.5. The second kappa shape index (κ2) is 9.13. The molecule has 144 valence electrons. The fraction of sp³-hybridized carbons (Fsp3) is 0.476. The van der Waals surface area contributed by atoms with Crippen molar-refractivity contribution in [1.29, 1.82) is 0 Å². The van der Waals surface area contributed by atoms with Crippen LogP contribution < -0.4 is 5.32 Å². The SMILES string of the molecule is Cc1ccc(CC(=O)N2CCC(C(=O)NCCc3csc(C)n3)CC2)cc1. The number of rotatable bonds is 6. The van der Waals surface area contributed by atoms with E-state index in [0.29, 0.717) is 26.1 Å². The Morgan fingerprint density at radius 2 is 1.89 bits per heavy atom. The Morgan fingerprint density at radius 3 is 2.52 bits per heavy atom. The summed E-state index contributed by atoms with van der Waals surface area (Å²) in [5.74, 6) is 0.259. The summed E-state index contributed by atoms with van der Waals surface area (Å²) in [7, 11) is 0. The van der Waals surface area contributed by atoms with Gasteiger partial charge in [0.05, 0.1) is 17.1 Å². The third-order valence-corrected chi connectivity index (χ3v) is 5.86. The van der Waals surface area contributed by atoms with E-state index >= 15 is 0 Å². The second-order valence-corrected chi connectivity index (χ2v) is 8.28. The number of likely N-dealkylation sites (tertiary alicyclic amines) is 1. The van der Waals surface area contributed by atoms with Crippen LogP contribution in [0.4, 0.5) is 0 Å². The number of nitrogens with zero attached hydrogens (tertiary/aromatic N) is 2. The van der Waals surface area contributed by atoms with Gasteiger partial charge in [0.1, 0.15) is 0 Å². The Kier molecular flexibility index (Phi) is 6.61. The molecule has 0 atom stereocenters.